The Morgan fingerprint density at radius 3 is 2.87 bits per heavy atom. The lowest BCUT2D eigenvalue weighted by Gasteiger charge is -2.32. The number of aliphatic hydroxyl groups excluding tert-OH is 1. The molecule has 1 unspecified atom stereocenters. The molecule has 1 aliphatic carbocycles. The van der Waals surface area contributed by atoms with Gasteiger partial charge in [0, 0.05) is 19.2 Å². The zero-order valence-electron chi connectivity index (χ0n) is 9.62. The molecule has 1 atom stereocenters. The van der Waals surface area contributed by atoms with Crippen molar-refractivity contribution in [3.63, 3.8) is 0 Å². The number of hydrogen-bond acceptors (Lipinski definition) is 3. The Morgan fingerprint density at radius 1 is 1.60 bits per heavy atom. The lowest BCUT2D eigenvalue weighted by Crippen LogP contribution is -2.26. The molecular formula is C11H19N3O. The smallest absolute Gasteiger partial charge is 0.0831 e. The van der Waals surface area contributed by atoms with Gasteiger partial charge in [0.1, 0.15) is 0 Å². The molecule has 1 aromatic heterocycles. The van der Waals surface area contributed by atoms with E-state index in [1.165, 1.54) is 0 Å². The van der Waals surface area contributed by atoms with Crippen molar-refractivity contribution in [1.29, 1.82) is 0 Å². The topological polar surface area (TPSA) is 64.1 Å². The maximum absolute atomic E-state index is 10.1. The van der Waals surface area contributed by atoms with Gasteiger partial charge in [0.2, 0.25) is 0 Å². The summed E-state index contributed by atoms with van der Waals surface area (Å²) in [4.78, 5) is 0. The van der Waals surface area contributed by atoms with E-state index in [9.17, 15) is 5.11 Å². The Hall–Kier alpha value is -0.870. The summed E-state index contributed by atoms with van der Waals surface area (Å²) in [5, 5.41) is 14.6. The average molecular weight is 209 g/mol. The maximum Gasteiger partial charge on any atom is 0.0831 e. The molecule has 4 heteroatoms. The van der Waals surface area contributed by atoms with Crippen LogP contribution in [0.2, 0.25) is 0 Å². The minimum Gasteiger partial charge on any atom is -0.388 e. The normalized spacial score (nSPS) is 23.9. The molecule has 1 aliphatic rings. The van der Waals surface area contributed by atoms with E-state index in [-0.39, 0.29) is 5.41 Å². The average Bonchev–Trinajstić information content (AvgIpc) is 2.38. The van der Waals surface area contributed by atoms with Gasteiger partial charge >= 0.3 is 0 Å². The second-order valence-electron chi connectivity index (χ2n) is 5.20. The molecule has 2 rings (SSSR count). The van der Waals surface area contributed by atoms with E-state index in [1.54, 1.807) is 4.68 Å². The van der Waals surface area contributed by atoms with Crippen molar-refractivity contribution in [2.45, 2.75) is 39.3 Å². The van der Waals surface area contributed by atoms with E-state index < -0.39 is 6.10 Å². The number of nitrogens with zero attached hydrogens (tertiary/aromatic N) is 2. The summed E-state index contributed by atoms with van der Waals surface area (Å²) in [7, 11) is 1.89. The molecule has 0 saturated carbocycles. The summed E-state index contributed by atoms with van der Waals surface area (Å²) in [6.07, 6.45) is 1.31. The SMILES string of the molecule is Cn1nc2c(c1CN)C(O)CC(C)(C)C2. The first-order valence-electron chi connectivity index (χ1n) is 5.37. The second-order valence-corrected chi connectivity index (χ2v) is 5.20. The van der Waals surface area contributed by atoms with Crippen LogP contribution in [-0.4, -0.2) is 14.9 Å². The summed E-state index contributed by atoms with van der Waals surface area (Å²) in [6, 6.07) is 0. The highest BCUT2D eigenvalue weighted by Crippen LogP contribution is 2.41. The van der Waals surface area contributed by atoms with Gasteiger partial charge < -0.3 is 10.8 Å². The summed E-state index contributed by atoms with van der Waals surface area (Å²) in [5.74, 6) is 0. The molecule has 0 saturated heterocycles. The van der Waals surface area contributed by atoms with Crippen LogP contribution in [0, 0.1) is 5.41 Å². The minimum absolute atomic E-state index is 0.132. The molecule has 0 fully saturated rings. The quantitative estimate of drug-likeness (QED) is 0.721. The molecular weight excluding hydrogens is 190 g/mol. The van der Waals surface area contributed by atoms with Crippen LogP contribution >= 0.6 is 0 Å². The Bertz CT molecular complexity index is 381. The van der Waals surface area contributed by atoms with Crippen LogP contribution in [0.1, 0.15) is 43.3 Å². The van der Waals surface area contributed by atoms with E-state index in [1.807, 2.05) is 7.05 Å². The summed E-state index contributed by atoms with van der Waals surface area (Å²) < 4.78 is 1.80. The van der Waals surface area contributed by atoms with E-state index >= 15 is 0 Å². The molecule has 0 radical (unpaired) electrons. The fraction of sp³-hybridized carbons (Fsp3) is 0.727. The van der Waals surface area contributed by atoms with Gasteiger partial charge in [0.05, 0.1) is 17.5 Å². The van der Waals surface area contributed by atoms with Gasteiger partial charge in [-0.25, -0.2) is 0 Å². The molecule has 3 N–H and O–H groups in total. The van der Waals surface area contributed by atoms with Gasteiger partial charge in [-0.1, -0.05) is 13.8 Å². The van der Waals surface area contributed by atoms with Crippen LogP contribution in [0.3, 0.4) is 0 Å². The summed E-state index contributed by atoms with van der Waals surface area (Å²) in [5.41, 5.74) is 8.76. The summed E-state index contributed by atoms with van der Waals surface area (Å²) in [6.45, 7) is 4.77. The number of aliphatic hydroxyl groups is 1. The molecule has 1 heterocycles. The molecule has 0 aromatic carbocycles. The van der Waals surface area contributed by atoms with Crippen molar-refractivity contribution in [2.75, 3.05) is 0 Å². The molecule has 84 valence electrons. The van der Waals surface area contributed by atoms with Gasteiger partial charge in [-0.05, 0) is 18.3 Å². The molecule has 0 bridgehead atoms. The monoisotopic (exact) mass is 209 g/mol. The van der Waals surface area contributed by atoms with Gasteiger partial charge in [0.25, 0.3) is 0 Å². The first-order chi connectivity index (χ1) is 6.94. The predicted molar refractivity (Wildman–Crippen MR) is 58.2 cm³/mol. The van der Waals surface area contributed by atoms with Crippen molar-refractivity contribution in [2.24, 2.45) is 18.2 Å². The number of nitrogens with two attached hydrogens (primary N) is 1. The number of aryl methyl sites for hydroxylation is 1. The van der Waals surface area contributed by atoms with E-state index in [4.69, 9.17) is 5.73 Å². The van der Waals surface area contributed by atoms with Crippen molar-refractivity contribution in [1.82, 2.24) is 9.78 Å². The van der Waals surface area contributed by atoms with Crippen molar-refractivity contribution < 1.29 is 5.11 Å². The minimum atomic E-state index is -0.406. The highest BCUT2D eigenvalue weighted by Gasteiger charge is 2.35. The fourth-order valence-electron chi connectivity index (χ4n) is 2.54. The zero-order chi connectivity index (χ0) is 11.2. The van der Waals surface area contributed by atoms with Crippen LogP contribution in [0.15, 0.2) is 0 Å². The van der Waals surface area contributed by atoms with Crippen LogP contribution in [0.25, 0.3) is 0 Å². The Labute approximate surface area is 90.1 Å². The van der Waals surface area contributed by atoms with Gasteiger partial charge in [-0.3, -0.25) is 4.68 Å². The third-order valence-corrected chi connectivity index (χ3v) is 3.20. The van der Waals surface area contributed by atoms with Crippen molar-refractivity contribution >= 4 is 0 Å². The standard InChI is InChI=1S/C11H19N3O/c1-11(2)4-7-10(9(15)5-11)8(6-12)14(3)13-7/h9,15H,4-6,12H2,1-3H3. The van der Waals surface area contributed by atoms with Crippen LogP contribution in [0.4, 0.5) is 0 Å². The van der Waals surface area contributed by atoms with E-state index in [2.05, 4.69) is 18.9 Å². The molecule has 0 amide bonds. The number of aromatic nitrogens is 2. The Morgan fingerprint density at radius 2 is 2.27 bits per heavy atom. The lowest BCUT2D eigenvalue weighted by atomic mass is 9.75. The second kappa shape index (κ2) is 3.32. The maximum atomic E-state index is 10.1. The van der Waals surface area contributed by atoms with Gasteiger partial charge in [0.15, 0.2) is 0 Å². The Kier molecular flexibility index (Phi) is 2.35. The number of rotatable bonds is 1. The first-order valence-corrected chi connectivity index (χ1v) is 5.37. The van der Waals surface area contributed by atoms with Crippen LogP contribution < -0.4 is 5.73 Å². The largest absolute Gasteiger partial charge is 0.388 e. The molecule has 1 aromatic rings. The van der Waals surface area contributed by atoms with Crippen molar-refractivity contribution in [3.8, 4) is 0 Å². The zero-order valence-corrected chi connectivity index (χ0v) is 9.62. The fourth-order valence-corrected chi connectivity index (χ4v) is 2.54. The third kappa shape index (κ3) is 1.68. The predicted octanol–water partition coefficient (Wildman–Crippen LogP) is 0.885. The van der Waals surface area contributed by atoms with Crippen LogP contribution in [0.5, 0.6) is 0 Å². The number of hydrogen-bond donors (Lipinski definition) is 2. The van der Waals surface area contributed by atoms with Crippen molar-refractivity contribution in [3.05, 3.63) is 17.0 Å². The Balaban J connectivity index is 2.50. The molecule has 15 heavy (non-hydrogen) atoms. The summed E-state index contributed by atoms with van der Waals surface area (Å²) >= 11 is 0. The lowest BCUT2D eigenvalue weighted by molar-refractivity contribution is 0.0985. The third-order valence-electron chi connectivity index (χ3n) is 3.20. The van der Waals surface area contributed by atoms with E-state index in [0.717, 1.165) is 29.8 Å². The van der Waals surface area contributed by atoms with Gasteiger partial charge in [-0.15, -0.1) is 0 Å². The molecule has 4 nitrogen and oxygen atoms in total. The highest BCUT2D eigenvalue weighted by molar-refractivity contribution is 5.32. The van der Waals surface area contributed by atoms with Crippen LogP contribution in [-0.2, 0) is 20.0 Å². The number of fused-ring (bicyclic) bond motifs is 1. The first kappa shape index (κ1) is 10.6. The molecule has 0 spiro atoms. The van der Waals surface area contributed by atoms with Gasteiger partial charge in [-0.2, -0.15) is 5.10 Å². The van der Waals surface area contributed by atoms with E-state index in [0.29, 0.717) is 6.54 Å². The highest BCUT2D eigenvalue weighted by atomic mass is 16.3. The molecule has 0 aliphatic heterocycles.